The second-order valence-corrected chi connectivity index (χ2v) is 2.43. The third kappa shape index (κ3) is 1.23. The zero-order valence-corrected chi connectivity index (χ0v) is 5.54. The average Bonchev–Trinajstić information content (AvgIpc) is 2.74. The van der Waals surface area contributed by atoms with Gasteiger partial charge in [-0.1, -0.05) is 0 Å². The molecule has 10 heavy (non-hydrogen) atoms. The van der Waals surface area contributed by atoms with Crippen LogP contribution in [0, 0.1) is 6.07 Å². The minimum Gasteiger partial charge on any atom is -0.367 e. The van der Waals surface area contributed by atoms with Gasteiger partial charge in [-0.3, -0.25) is 0 Å². The largest absolute Gasteiger partial charge is 0.367 e. The molecule has 1 heterocycles. The van der Waals surface area contributed by atoms with E-state index in [1.807, 2.05) is 0 Å². The molecule has 0 amide bonds. The molecule has 3 heteroatoms. The van der Waals surface area contributed by atoms with Gasteiger partial charge in [0.05, 0.1) is 0 Å². The quantitative estimate of drug-likeness (QED) is 0.651. The second-order valence-electron chi connectivity index (χ2n) is 2.43. The highest BCUT2D eigenvalue weighted by Gasteiger charge is 2.20. The number of aromatic nitrogens is 2. The van der Waals surface area contributed by atoms with Gasteiger partial charge in [0, 0.05) is 18.3 Å². The highest BCUT2D eigenvalue weighted by molar-refractivity contribution is 5.33. The number of nitrogens with zero attached hydrogens (tertiary/aromatic N) is 2. The Kier molecular flexibility index (Phi) is 1.27. The number of anilines is 1. The molecular weight excluding hydrogens is 126 g/mol. The summed E-state index contributed by atoms with van der Waals surface area (Å²) in [5, 5.41) is 3.21. The van der Waals surface area contributed by atoms with Crippen LogP contribution >= 0.6 is 0 Å². The van der Waals surface area contributed by atoms with Crippen molar-refractivity contribution in [1.29, 1.82) is 0 Å². The van der Waals surface area contributed by atoms with Gasteiger partial charge in [0.25, 0.3) is 0 Å². The van der Waals surface area contributed by atoms with E-state index in [0.717, 1.165) is 5.82 Å². The summed E-state index contributed by atoms with van der Waals surface area (Å²) in [7, 11) is 0. The lowest BCUT2D eigenvalue weighted by Gasteiger charge is -1.98. The van der Waals surface area contributed by atoms with Crippen LogP contribution in [0.1, 0.15) is 12.8 Å². The van der Waals surface area contributed by atoms with Crippen molar-refractivity contribution in [3.63, 3.8) is 0 Å². The molecule has 0 atom stereocenters. The highest BCUT2D eigenvalue weighted by atomic mass is 15.0. The van der Waals surface area contributed by atoms with Gasteiger partial charge in [-0.15, -0.1) is 0 Å². The van der Waals surface area contributed by atoms with E-state index in [-0.39, 0.29) is 0 Å². The first kappa shape index (κ1) is 5.65. The summed E-state index contributed by atoms with van der Waals surface area (Å²) in [5.74, 6) is 0.817. The van der Waals surface area contributed by atoms with Crippen LogP contribution in [0.5, 0.6) is 0 Å². The molecule has 1 fully saturated rings. The number of nitrogens with one attached hydrogen (secondary N) is 1. The molecule has 1 radical (unpaired) electrons. The predicted octanol–water partition coefficient (Wildman–Crippen LogP) is 0.851. The molecule has 51 valence electrons. The molecule has 1 aliphatic rings. The van der Waals surface area contributed by atoms with Crippen molar-refractivity contribution in [3.05, 3.63) is 18.6 Å². The molecule has 0 aliphatic heterocycles. The van der Waals surface area contributed by atoms with E-state index in [1.165, 1.54) is 19.2 Å². The van der Waals surface area contributed by atoms with Gasteiger partial charge in [-0.25, -0.2) is 9.97 Å². The first-order valence-corrected chi connectivity index (χ1v) is 3.39. The van der Waals surface area contributed by atoms with E-state index in [2.05, 4.69) is 21.4 Å². The van der Waals surface area contributed by atoms with Crippen LogP contribution < -0.4 is 5.32 Å². The normalized spacial score (nSPS) is 16.8. The average molecular weight is 134 g/mol. The maximum absolute atomic E-state index is 3.98. The van der Waals surface area contributed by atoms with Crippen LogP contribution in [0.25, 0.3) is 0 Å². The van der Waals surface area contributed by atoms with Gasteiger partial charge in [-0.05, 0) is 12.8 Å². The van der Waals surface area contributed by atoms with Gasteiger partial charge in [0.1, 0.15) is 12.1 Å². The molecule has 0 saturated heterocycles. The fourth-order valence-electron chi connectivity index (χ4n) is 0.760. The zero-order valence-electron chi connectivity index (χ0n) is 5.54. The van der Waals surface area contributed by atoms with E-state index in [4.69, 9.17) is 0 Å². The molecule has 0 bridgehead atoms. The van der Waals surface area contributed by atoms with Gasteiger partial charge >= 0.3 is 0 Å². The lowest BCUT2D eigenvalue weighted by atomic mass is 10.5. The second kappa shape index (κ2) is 2.25. The first-order valence-electron chi connectivity index (χ1n) is 3.39. The Morgan fingerprint density at radius 3 is 3.10 bits per heavy atom. The first-order chi connectivity index (χ1) is 4.95. The van der Waals surface area contributed by atoms with Gasteiger partial charge in [0.15, 0.2) is 0 Å². The minimum absolute atomic E-state index is 0.645. The molecule has 3 nitrogen and oxygen atoms in total. The Morgan fingerprint density at radius 1 is 1.60 bits per heavy atom. The van der Waals surface area contributed by atoms with Gasteiger partial charge < -0.3 is 5.32 Å². The van der Waals surface area contributed by atoms with Crippen molar-refractivity contribution < 1.29 is 0 Å². The van der Waals surface area contributed by atoms with E-state index in [0.29, 0.717) is 6.04 Å². The lowest BCUT2D eigenvalue weighted by Crippen LogP contribution is -2.02. The third-order valence-corrected chi connectivity index (χ3v) is 1.45. The Morgan fingerprint density at radius 2 is 2.50 bits per heavy atom. The van der Waals surface area contributed by atoms with Crippen LogP contribution in [0.15, 0.2) is 12.5 Å². The molecule has 1 aliphatic carbocycles. The van der Waals surface area contributed by atoms with Crippen molar-refractivity contribution in [3.8, 4) is 0 Å². The van der Waals surface area contributed by atoms with E-state index in [9.17, 15) is 0 Å². The smallest absolute Gasteiger partial charge is 0.137 e. The summed E-state index contributed by atoms with van der Waals surface area (Å²) in [4.78, 5) is 7.75. The standard InChI is InChI=1S/C7H8N3/c1-2-6(1)10-7-3-4-8-5-9-7/h4-6H,1-2H2,(H,8,9,10). The van der Waals surface area contributed by atoms with Gasteiger partial charge in [-0.2, -0.15) is 0 Å². The topological polar surface area (TPSA) is 37.8 Å². The monoisotopic (exact) mass is 134 g/mol. The van der Waals surface area contributed by atoms with Crippen molar-refractivity contribution >= 4 is 5.82 Å². The summed E-state index contributed by atoms with van der Waals surface area (Å²) in [6.45, 7) is 0. The molecule has 1 aromatic rings. The van der Waals surface area contributed by atoms with Crippen LogP contribution in [0.3, 0.4) is 0 Å². The molecule has 2 rings (SSSR count). The summed E-state index contributed by atoms with van der Waals surface area (Å²) >= 11 is 0. The Bertz CT molecular complexity index is 205. The third-order valence-electron chi connectivity index (χ3n) is 1.45. The van der Waals surface area contributed by atoms with Crippen molar-refractivity contribution in [1.82, 2.24) is 9.97 Å². The SMILES string of the molecule is [c]1cncnc1NC1CC1. The molecule has 1 N–H and O–H groups in total. The Balaban J connectivity index is 2.03. The molecule has 0 spiro atoms. The maximum Gasteiger partial charge on any atom is 0.137 e. The number of hydrogen-bond acceptors (Lipinski definition) is 3. The predicted molar refractivity (Wildman–Crippen MR) is 37.5 cm³/mol. The van der Waals surface area contributed by atoms with E-state index >= 15 is 0 Å². The van der Waals surface area contributed by atoms with Crippen molar-refractivity contribution in [2.75, 3.05) is 5.32 Å². The molecular formula is C7H8N3. The molecule has 0 unspecified atom stereocenters. The number of hydrogen-bond donors (Lipinski definition) is 1. The van der Waals surface area contributed by atoms with Crippen molar-refractivity contribution in [2.45, 2.75) is 18.9 Å². The fraction of sp³-hybridized carbons (Fsp3) is 0.429. The van der Waals surface area contributed by atoms with Crippen LogP contribution in [0.2, 0.25) is 0 Å². The van der Waals surface area contributed by atoms with Crippen LogP contribution in [0.4, 0.5) is 5.82 Å². The molecule has 0 aromatic carbocycles. The summed E-state index contributed by atoms with van der Waals surface area (Å²) in [6.07, 6.45) is 5.68. The van der Waals surface area contributed by atoms with Crippen LogP contribution in [-0.4, -0.2) is 16.0 Å². The van der Waals surface area contributed by atoms with Crippen molar-refractivity contribution in [2.24, 2.45) is 0 Å². The Hall–Kier alpha value is -1.12. The molecule has 1 saturated carbocycles. The summed E-state index contributed by atoms with van der Waals surface area (Å²) in [6, 6.07) is 3.55. The van der Waals surface area contributed by atoms with E-state index in [1.54, 1.807) is 6.20 Å². The maximum atomic E-state index is 3.98. The summed E-state index contributed by atoms with van der Waals surface area (Å²) in [5.41, 5.74) is 0. The highest BCUT2D eigenvalue weighted by Crippen LogP contribution is 2.22. The lowest BCUT2D eigenvalue weighted by molar-refractivity contribution is 1.08. The van der Waals surface area contributed by atoms with Gasteiger partial charge in [0.2, 0.25) is 0 Å². The number of rotatable bonds is 2. The molecule has 1 aromatic heterocycles. The van der Waals surface area contributed by atoms with Crippen LogP contribution in [-0.2, 0) is 0 Å². The Labute approximate surface area is 59.5 Å². The fourth-order valence-corrected chi connectivity index (χ4v) is 0.760. The van der Waals surface area contributed by atoms with E-state index < -0.39 is 0 Å². The minimum atomic E-state index is 0.645. The zero-order chi connectivity index (χ0) is 6.81. The summed E-state index contributed by atoms with van der Waals surface area (Å²) < 4.78 is 0.